The molecule has 0 bridgehead atoms. The van der Waals surface area contributed by atoms with Crippen LogP contribution in [0.5, 0.6) is 11.5 Å². The highest BCUT2D eigenvalue weighted by Gasteiger charge is 2.14. The maximum atomic E-state index is 12.6. The highest BCUT2D eigenvalue weighted by atomic mass is 35.5. The first-order valence-corrected chi connectivity index (χ1v) is 10.4. The van der Waals surface area contributed by atoms with Gasteiger partial charge in [0.2, 0.25) is 0 Å². The van der Waals surface area contributed by atoms with Crippen molar-refractivity contribution in [2.45, 2.75) is 0 Å². The van der Waals surface area contributed by atoms with Gasteiger partial charge in [0.25, 0.3) is 5.91 Å². The van der Waals surface area contributed by atoms with E-state index in [2.05, 4.69) is 10.5 Å². The summed E-state index contributed by atoms with van der Waals surface area (Å²) in [7, 11) is 1.56. The number of hydrogen-bond donors (Lipinski definition) is 1. The van der Waals surface area contributed by atoms with Gasteiger partial charge in [0.1, 0.15) is 11.5 Å². The molecule has 6 nitrogen and oxygen atoms in total. The van der Waals surface area contributed by atoms with Crippen molar-refractivity contribution in [3.05, 3.63) is 107 Å². The van der Waals surface area contributed by atoms with E-state index >= 15 is 0 Å². The van der Waals surface area contributed by atoms with E-state index in [0.717, 1.165) is 10.8 Å². The van der Waals surface area contributed by atoms with Crippen molar-refractivity contribution < 1.29 is 19.1 Å². The Hall–Kier alpha value is -4.16. The summed E-state index contributed by atoms with van der Waals surface area (Å²) >= 11 is 5.90. The number of nitrogens with zero attached hydrogens (tertiary/aromatic N) is 1. The first kappa shape index (κ1) is 22.0. The smallest absolute Gasteiger partial charge is 0.343 e. The maximum absolute atomic E-state index is 12.6. The lowest BCUT2D eigenvalue weighted by Gasteiger charge is -2.10. The van der Waals surface area contributed by atoms with Crippen molar-refractivity contribution in [1.29, 1.82) is 0 Å². The van der Waals surface area contributed by atoms with Gasteiger partial charge in [-0.25, -0.2) is 10.2 Å². The third-order valence-electron chi connectivity index (χ3n) is 4.93. The molecular formula is C26H19ClN2O4. The van der Waals surface area contributed by atoms with E-state index in [4.69, 9.17) is 21.1 Å². The molecule has 33 heavy (non-hydrogen) atoms. The molecule has 4 aromatic rings. The van der Waals surface area contributed by atoms with Crippen molar-refractivity contribution >= 4 is 40.5 Å². The third-order valence-corrected chi connectivity index (χ3v) is 5.18. The van der Waals surface area contributed by atoms with E-state index in [-0.39, 0.29) is 5.91 Å². The average molecular weight is 459 g/mol. The van der Waals surface area contributed by atoms with E-state index < -0.39 is 5.97 Å². The number of halogens is 1. The van der Waals surface area contributed by atoms with Crippen LogP contribution >= 0.6 is 11.6 Å². The standard InChI is InChI=1S/C26H19ClN2O4/c1-32-21-13-8-18(9-14-21)25(30)29-28-16-23-22-5-3-2-4-17(22)10-15-24(23)33-26(31)19-6-11-20(27)12-7-19/h2-16H,1H3,(H,29,30)/b28-16-. The van der Waals surface area contributed by atoms with Crippen LogP contribution in [0.3, 0.4) is 0 Å². The fourth-order valence-electron chi connectivity index (χ4n) is 3.20. The maximum Gasteiger partial charge on any atom is 0.343 e. The van der Waals surface area contributed by atoms with Crippen LogP contribution in [0.25, 0.3) is 10.8 Å². The van der Waals surface area contributed by atoms with E-state index in [1.54, 1.807) is 61.7 Å². The third kappa shape index (κ3) is 5.19. The van der Waals surface area contributed by atoms with Crippen LogP contribution in [0.2, 0.25) is 5.02 Å². The average Bonchev–Trinajstić information content (AvgIpc) is 2.85. The number of carbonyl (C=O) groups is 2. The van der Waals surface area contributed by atoms with Crippen molar-refractivity contribution in [1.82, 2.24) is 5.43 Å². The summed E-state index contributed by atoms with van der Waals surface area (Å²) in [4.78, 5) is 25.1. The highest BCUT2D eigenvalue weighted by Crippen LogP contribution is 2.27. The summed E-state index contributed by atoms with van der Waals surface area (Å²) in [5, 5.41) is 6.38. The molecule has 0 aliphatic heterocycles. The summed E-state index contributed by atoms with van der Waals surface area (Å²) in [5.41, 5.74) is 3.86. The Labute approximate surface area is 195 Å². The molecular weight excluding hydrogens is 440 g/mol. The second-order valence-corrected chi connectivity index (χ2v) is 7.46. The molecule has 4 aromatic carbocycles. The second kappa shape index (κ2) is 9.97. The molecule has 1 amide bonds. The number of rotatable bonds is 6. The molecule has 0 radical (unpaired) electrons. The van der Waals surface area contributed by atoms with E-state index in [1.807, 2.05) is 30.3 Å². The van der Waals surface area contributed by atoms with E-state index in [1.165, 1.54) is 6.21 Å². The number of esters is 1. The Morgan fingerprint density at radius 1 is 0.879 bits per heavy atom. The van der Waals surface area contributed by atoms with E-state index in [9.17, 15) is 9.59 Å². The molecule has 0 fully saturated rings. The second-order valence-electron chi connectivity index (χ2n) is 7.02. The molecule has 0 heterocycles. The van der Waals surface area contributed by atoms with Crippen molar-refractivity contribution in [3.63, 3.8) is 0 Å². The SMILES string of the molecule is COc1ccc(C(=O)N/N=C\c2c(OC(=O)c3ccc(Cl)cc3)ccc3ccccc23)cc1. The molecule has 0 spiro atoms. The van der Waals surface area contributed by atoms with Gasteiger partial charge in [-0.05, 0) is 65.4 Å². The molecule has 7 heteroatoms. The van der Waals surface area contributed by atoms with Crippen molar-refractivity contribution in [2.24, 2.45) is 5.10 Å². The van der Waals surface area contributed by atoms with Gasteiger partial charge in [-0.2, -0.15) is 5.10 Å². The number of hydrogen-bond acceptors (Lipinski definition) is 5. The first-order chi connectivity index (χ1) is 16.0. The minimum Gasteiger partial charge on any atom is -0.497 e. The molecule has 1 N–H and O–H groups in total. The van der Waals surface area contributed by atoms with Gasteiger partial charge in [-0.15, -0.1) is 0 Å². The fourth-order valence-corrected chi connectivity index (χ4v) is 3.33. The number of carbonyl (C=O) groups excluding carboxylic acids is 2. The van der Waals surface area contributed by atoms with Gasteiger partial charge >= 0.3 is 5.97 Å². The van der Waals surface area contributed by atoms with Gasteiger partial charge in [0.05, 0.1) is 18.9 Å². The number of methoxy groups -OCH3 is 1. The number of benzene rings is 4. The van der Waals surface area contributed by atoms with Crippen LogP contribution < -0.4 is 14.9 Å². The quantitative estimate of drug-likeness (QED) is 0.179. The van der Waals surface area contributed by atoms with Crippen LogP contribution in [0.15, 0.2) is 90.0 Å². The van der Waals surface area contributed by atoms with Crippen LogP contribution in [0.1, 0.15) is 26.3 Å². The van der Waals surface area contributed by atoms with Gasteiger partial charge < -0.3 is 9.47 Å². The Bertz CT molecular complexity index is 1330. The topological polar surface area (TPSA) is 77.0 Å². The summed E-state index contributed by atoms with van der Waals surface area (Å²) in [6, 6.07) is 24.3. The lowest BCUT2D eigenvalue weighted by atomic mass is 10.0. The Balaban J connectivity index is 1.60. The lowest BCUT2D eigenvalue weighted by Crippen LogP contribution is -2.17. The minimum absolute atomic E-state index is 0.316. The molecule has 0 saturated heterocycles. The van der Waals surface area contributed by atoms with Crippen LogP contribution in [0, 0.1) is 0 Å². The summed E-state index contributed by atoms with van der Waals surface area (Å²) in [6.07, 6.45) is 1.47. The summed E-state index contributed by atoms with van der Waals surface area (Å²) < 4.78 is 10.7. The van der Waals surface area contributed by atoms with Crippen molar-refractivity contribution in [3.8, 4) is 11.5 Å². The molecule has 4 rings (SSSR count). The Morgan fingerprint density at radius 2 is 1.58 bits per heavy atom. The molecule has 0 saturated carbocycles. The highest BCUT2D eigenvalue weighted by molar-refractivity contribution is 6.30. The van der Waals surface area contributed by atoms with Crippen LogP contribution in [0.4, 0.5) is 0 Å². The number of amides is 1. The predicted molar refractivity (Wildman–Crippen MR) is 128 cm³/mol. The zero-order chi connectivity index (χ0) is 23.2. The number of fused-ring (bicyclic) bond motifs is 1. The number of ether oxygens (including phenoxy) is 2. The molecule has 0 aliphatic carbocycles. The molecule has 0 aromatic heterocycles. The number of nitrogens with one attached hydrogen (secondary N) is 1. The molecule has 0 aliphatic rings. The zero-order valence-electron chi connectivity index (χ0n) is 17.6. The van der Waals surface area contributed by atoms with Crippen LogP contribution in [-0.2, 0) is 0 Å². The molecule has 0 atom stereocenters. The summed E-state index contributed by atoms with van der Waals surface area (Å²) in [5.74, 6) is 0.0572. The fraction of sp³-hybridized carbons (Fsp3) is 0.0385. The Kier molecular flexibility index (Phi) is 6.66. The van der Waals surface area contributed by atoms with Gasteiger partial charge in [0.15, 0.2) is 0 Å². The lowest BCUT2D eigenvalue weighted by molar-refractivity contribution is 0.0734. The normalized spacial score (nSPS) is 10.8. The minimum atomic E-state index is -0.529. The monoisotopic (exact) mass is 458 g/mol. The molecule has 164 valence electrons. The van der Waals surface area contributed by atoms with E-state index in [0.29, 0.717) is 33.2 Å². The first-order valence-electron chi connectivity index (χ1n) is 10.0. The zero-order valence-corrected chi connectivity index (χ0v) is 18.4. The van der Waals surface area contributed by atoms with Gasteiger partial charge in [0, 0.05) is 16.1 Å². The predicted octanol–water partition coefficient (Wildman–Crippen LogP) is 5.48. The van der Waals surface area contributed by atoms with Crippen LogP contribution in [-0.4, -0.2) is 25.2 Å². The number of hydrazone groups is 1. The Morgan fingerprint density at radius 3 is 2.30 bits per heavy atom. The van der Waals surface area contributed by atoms with Crippen molar-refractivity contribution in [2.75, 3.05) is 7.11 Å². The van der Waals surface area contributed by atoms with Gasteiger partial charge in [-0.3, -0.25) is 4.79 Å². The summed E-state index contributed by atoms with van der Waals surface area (Å²) in [6.45, 7) is 0. The van der Waals surface area contributed by atoms with Gasteiger partial charge in [-0.1, -0.05) is 41.9 Å². The largest absolute Gasteiger partial charge is 0.497 e. The molecule has 0 unspecified atom stereocenters.